The summed E-state index contributed by atoms with van der Waals surface area (Å²) in [5.74, 6) is 2.21. The molecule has 2 heterocycles. The van der Waals surface area contributed by atoms with E-state index in [4.69, 9.17) is 10.2 Å². The first-order valence-corrected chi connectivity index (χ1v) is 9.57. The lowest BCUT2D eigenvalue weighted by atomic mass is 10.1. The molecule has 7 nitrogen and oxygen atoms in total. The standard InChI is InChI=1S/C23H19N7/c24-13-16-4-3-5-18(12-16)22-29-20-7-2-1-6-19(20)23(30-22)27-11-10-26-21-9-8-17(14-25)15-28-21/h1-9,12,26,28H,10-11,15H2,(H,27,29,30). The van der Waals surface area contributed by atoms with Crippen LogP contribution in [0.1, 0.15) is 5.56 Å². The third-order valence-corrected chi connectivity index (χ3v) is 4.65. The topological polar surface area (TPSA) is 109 Å². The normalized spacial score (nSPS) is 12.7. The fourth-order valence-electron chi connectivity index (χ4n) is 3.14. The Balaban J connectivity index is 1.52. The van der Waals surface area contributed by atoms with Crippen molar-refractivity contribution < 1.29 is 0 Å². The number of dihydropyridines is 1. The van der Waals surface area contributed by atoms with E-state index in [2.05, 4.69) is 33.1 Å². The number of nitriles is 2. The minimum Gasteiger partial charge on any atom is -0.370 e. The van der Waals surface area contributed by atoms with Gasteiger partial charge in [0.2, 0.25) is 0 Å². The van der Waals surface area contributed by atoms with Gasteiger partial charge in [-0.3, -0.25) is 0 Å². The summed E-state index contributed by atoms with van der Waals surface area (Å²) in [6.45, 7) is 1.85. The zero-order chi connectivity index (χ0) is 20.8. The van der Waals surface area contributed by atoms with Gasteiger partial charge in [-0.15, -0.1) is 0 Å². The van der Waals surface area contributed by atoms with Crippen molar-refractivity contribution >= 4 is 16.7 Å². The van der Waals surface area contributed by atoms with Crippen molar-refractivity contribution in [2.45, 2.75) is 0 Å². The van der Waals surface area contributed by atoms with E-state index in [0.29, 0.717) is 36.6 Å². The summed E-state index contributed by atoms with van der Waals surface area (Å²) in [5, 5.41) is 28.9. The zero-order valence-corrected chi connectivity index (χ0v) is 16.2. The number of rotatable bonds is 6. The quantitative estimate of drug-likeness (QED) is 0.552. The molecule has 0 saturated heterocycles. The molecule has 1 aromatic heterocycles. The number of anilines is 1. The number of hydrogen-bond acceptors (Lipinski definition) is 7. The fourth-order valence-corrected chi connectivity index (χ4v) is 3.14. The highest BCUT2D eigenvalue weighted by Gasteiger charge is 2.10. The molecule has 0 aliphatic carbocycles. The number of nitrogens with zero attached hydrogens (tertiary/aromatic N) is 4. The number of nitrogens with one attached hydrogen (secondary N) is 3. The zero-order valence-electron chi connectivity index (χ0n) is 16.2. The van der Waals surface area contributed by atoms with Gasteiger partial charge >= 0.3 is 0 Å². The maximum absolute atomic E-state index is 9.18. The van der Waals surface area contributed by atoms with Gasteiger partial charge in [0, 0.05) is 29.6 Å². The highest BCUT2D eigenvalue weighted by molar-refractivity contribution is 5.90. The van der Waals surface area contributed by atoms with E-state index in [-0.39, 0.29) is 0 Å². The number of hydrogen-bond donors (Lipinski definition) is 3. The number of benzene rings is 2. The van der Waals surface area contributed by atoms with Crippen LogP contribution >= 0.6 is 0 Å². The first-order chi connectivity index (χ1) is 14.8. The van der Waals surface area contributed by atoms with Crippen LogP contribution in [-0.4, -0.2) is 29.6 Å². The first-order valence-electron chi connectivity index (χ1n) is 9.57. The molecule has 0 radical (unpaired) electrons. The minimum atomic E-state index is 0.532. The van der Waals surface area contributed by atoms with Crippen LogP contribution in [0.3, 0.4) is 0 Å². The van der Waals surface area contributed by atoms with E-state index in [1.807, 2.05) is 48.6 Å². The molecule has 0 bridgehead atoms. The third kappa shape index (κ3) is 4.21. The van der Waals surface area contributed by atoms with Gasteiger partial charge in [-0.1, -0.05) is 24.3 Å². The molecule has 1 aliphatic rings. The lowest BCUT2D eigenvalue weighted by Crippen LogP contribution is -2.32. The number of fused-ring (bicyclic) bond motifs is 1. The van der Waals surface area contributed by atoms with E-state index >= 15 is 0 Å². The van der Waals surface area contributed by atoms with E-state index in [9.17, 15) is 5.26 Å². The molecule has 4 rings (SSSR count). The van der Waals surface area contributed by atoms with Crippen LogP contribution in [0.25, 0.3) is 22.3 Å². The highest BCUT2D eigenvalue weighted by Crippen LogP contribution is 2.25. The molecule has 3 aromatic rings. The van der Waals surface area contributed by atoms with Gasteiger partial charge in [-0.25, -0.2) is 9.97 Å². The average molecular weight is 393 g/mol. The van der Waals surface area contributed by atoms with Crippen LogP contribution < -0.4 is 16.0 Å². The number of aromatic nitrogens is 2. The van der Waals surface area contributed by atoms with Gasteiger partial charge in [0.1, 0.15) is 5.82 Å². The van der Waals surface area contributed by atoms with Crippen LogP contribution in [0.4, 0.5) is 5.82 Å². The number of para-hydroxylation sites is 1. The second-order valence-electron chi connectivity index (χ2n) is 6.70. The summed E-state index contributed by atoms with van der Waals surface area (Å²) in [6, 6.07) is 19.4. The highest BCUT2D eigenvalue weighted by atomic mass is 15.1. The molecule has 3 N–H and O–H groups in total. The van der Waals surface area contributed by atoms with Crippen LogP contribution in [-0.2, 0) is 0 Å². The smallest absolute Gasteiger partial charge is 0.162 e. The molecule has 146 valence electrons. The maximum Gasteiger partial charge on any atom is 0.162 e. The van der Waals surface area contributed by atoms with Gasteiger partial charge in [-0.2, -0.15) is 10.5 Å². The van der Waals surface area contributed by atoms with E-state index < -0.39 is 0 Å². The molecule has 2 aromatic carbocycles. The van der Waals surface area contributed by atoms with Crippen molar-refractivity contribution in [3.8, 4) is 23.5 Å². The Hall–Kier alpha value is -4.36. The minimum absolute atomic E-state index is 0.532. The third-order valence-electron chi connectivity index (χ3n) is 4.65. The van der Waals surface area contributed by atoms with Gasteiger partial charge in [-0.05, 0) is 36.4 Å². The molecular formula is C23H19N7. The molecule has 0 amide bonds. The van der Waals surface area contributed by atoms with Crippen LogP contribution in [0, 0.1) is 22.7 Å². The van der Waals surface area contributed by atoms with Crippen LogP contribution in [0.15, 0.2) is 72.1 Å². The molecule has 0 fully saturated rings. The van der Waals surface area contributed by atoms with Crippen molar-refractivity contribution in [2.75, 3.05) is 25.0 Å². The van der Waals surface area contributed by atoms with Gasteiger partial charge in [0.25, 0.3) is 0 Å². The summed E-state index contributed by atoms with van der Waals surface area (Å²) in [5.41, 5.74) is 2.92. The predicted octanol–water partition coefficient (Wildman–Crippen LogP) is 3.06. The summed E-state index contributed by atoms with van der Waals surface area (Å²) in [6.07, 6.45) is 3.67. The molecule has 7 heteroatoms. The molecule has 0 unspecified atom stereocenters. The monoisotopic (exact) mass is 393 g/mol. The van der Waals surface area contributed by atoms with Gasteiger partial charge in [0.05, 0.1) is 35.6 Å². The van der Waals surface area contributed by atoms with Crippen molar-refractivity contribution in [3.63, 3.8) is 0 Å². The SMILES string of the molecule is N#CC1=CC=C(NCCNc2nc(-c3cccc(C#N)c3)nc3ccccc23)NC1. The fraction of sp³-hybridized carbons (Fsp3) is 0.130. The lowest BCUT2D eigenvalue weighted by Gasteiger charge is -2.16. The van der Waals surface area contributed by atoms with Crippen molar-refractivity contribution in [2.24, 2.45) is 0 Å². The van der Waals surface area contributed by atoms with E-state index in [1.54, 1.807) is 12.1 Å². The molecule has 30 heavy (non-hydrogen) atoms. The summed E-state index contributed by atoms with van der Waals surface area (Å²) < 4.78 is 0. The molecule has 0 spiro atoms. The van der Waals surface area contributed by atoms with Crippen LogP contribution in [0.5, 0.6) is 0 Å². The van der Waals surface area contributed by atoms with Crippen molar-refractivity contribution in [1.82, 2.24) is 20.6 Å². The van der Waals surface area contributed by atoms with Crippen molar-refractivity contribution in [1.29, 1.82) is 10.5 Å². The average Bonchev–Trinajstić information content (AvgIpc) is 2.82. The molecular weight excluding hydrogens is 374 g/mol. The summed E-state index contributed by atoms with van der Waals surface area (Å²) in [7, 11) is 0. The Morgan fingerprint density at radius 1 is 0.933 bits per heavy atom. The van der Waals surface area contributed by atoms with E-state index in [0.717, 1.165) is 28.1 Å². The maximum atomic E-state index is 9.18. The Morgan fingerprint density at radius 2 is 1.80 bits per heavy atom. The van der Waals surface area contributed by atoms with E-state index in [1.165, 1.54) is 0 Å². The summed E-state index contributed by atoms with van der Waals surface area (Å²) >= 11 is 0. The first kappa shape index (κ1) is 19.0. The second kappa shape index (κ2) is 8.76. The lowest BCUT2D eigenvalue weighted by molar-refractivity contribution is 0.711. The number of allylic oxidation sites excluding steroid dienone is 2. The van der Waals surface area contributed by atoms with Crippen LogP contribution in [0.2, 0.25) is 0 Å². The molecule has 0 atom stereocenters. The molecule has 0 saturated carbocycles. The Bertz CT molecular complexity index is 1230. The Labute approximate surface area is 174 Å². The largest absolute Gasteiger partial charge is 0.370 e. The van der Waals surface area contributed by atoms with Gasteiger partial charge in [0.15, 0.2) is 5.82 Å². The molecule has 1 aliphatic heterocycles. The van der Waals surface area contributed by atoms with Gasteiger partial charge < -0.3 is 16.0 Å². The Kier molecular flexibility index (Phi) is 5.54. The Morgan fingerprint density at radius 3 is 2.60 bits per heavy atom. The second-order valence-corrected chi connectivity index (χ2v) is 6.70. The van der Waals surface area contributed by atoms with Crippen molar-refractivity contribution in [3.05, 3.63) is 77.6 Å². The summed E-state index contributed by atoms with van der Waals surface area (Å²) in [4.78, 5) is 9.39. The predicted molar refractivity (Wildman–Crippen MR) is 116 cm³/mol.